The van der Waals surface area contributed by atoms with E-state index in [1.54, 1.807) is 0 Å². The zero-order valence-corrected chi connectivity index (χ0v) is 9.86. The van der Waals surface area contributed by atoms with Gasteiger partial charge in [0.15, 0.2) is 0 Å². The quantitative estimate of drug-likeness (QED) is 0.826. The molecule has 3 heteroatoms. The minimum Gasteiger partial charge on any atom is -0.355 e. The van der Waals surface area contributed by atoms with Crippen LogP contribution in [0.25, 0.3) is 0 Å². The van der Waals surface area contributed by atoms with Crippen molar-refractivity contribution in [2.75, 3.05) is 6.54 Å². The molecule has 1 aromatic heterocycles. The molecule has 2 heterocycles. The van der Waals surface area contributed by atoms with Crippen LogP contribution in [0.3, 0.4) is 0 Å². The van der Waals surface area contributed by atoms with Crippen molar-refractivity contribution in [3.05, 3.63) is 29.6 Å². The monoisotopic (exact) mass is 218 g/mol. The molecule has 16 heavy (non-hydrogen) atoms. The fourth-order valence-electron chi connectivity index (χ4n) is 2.05. The summed E-state index contributed by atoms with van der Waals surface area (Å²) in [6.45, 7) is 5.06. The van der Waals surface area contributed by atoms with Gasteiger partial charge in [0.1, 0.15) is 0 Å². The van der Waals surface area contributed by atoms with Crippen molar-refractivity contribution in [1.82, 2.24) is 10.3 Å². The van der Waals surface area contributed by atoms with E-state index >= 15 is 0 Å². The summed E-state index contributed by atoms with van der Waals surface area (Å²) in [5.74, 6) is 1.09. The second-order valence-corrected chi connectivity index (χ2v) is 4.71. The van der Waals surface area contributed by atoms with Crippen LogP contribution in [0.2, 0.25) is 0 Å². The van der Waals surface area contributed by atoms with Crippen LogP contribution < -0.4 is 5.32 Å². The van der Waals surface area contributed by atoms with Gasteiger partial charge in [0, 0.05) is 30.8 Å². The van der Waals surface area contributed by atoms with Gasteiger partial charge in [-0.25, -0.2) is 0 Å². The SMILES string of the molecule is CC(C)c1cc(C2CCC(=O)NC2)ccn1. The summed E-state index contributed by atoms with van der Waals surface area (Å²) >= 11 is 0. The highest BCUT2D eigenvalue weighted by atomic mass is 16.1. The first kappa shape index (κ1) is 11.1. The Hall–Kier alpha value is -1.38. The Morgan fingerprint density at radius 3 is 2.94 bits per heavy atom. The van der Waals surface area contributed by atoms with Crippen LogP contribution in [0.5, 0.6) is 0 Å². The van der Waals surface area contributed by atoms with E-state index in [1.807, 2.05) is 6.20 Å². The van der Waals surface area contributed by atoms with E-state index in [9.17, 15) is 4.79 Å². The average molecular weight is 218 g/mol. The highest BCUT2D eigenvalue weighted by Crippen LogP contribution is 2.25. The van der Waals surface area contributed by atoms with E-state index in [2.05, 4.69) is 36.3 Å². The predicted octanol–water partition coefficient (Wildman–Crippen LogP) is 2.20. The third-order valence-corrected chi connectivity index (χ3v) is 3.13. The molecule has 1 fully saturated rings. The zero-order valence-electron chi connectivity index (χ0n) is 9.86. The standard InChI is InChI=1S/C13H18N2O/c1-9(2)12-7-10(5-6-14-12)11-3-4-13(16)15-8-11/h5-7,9,11H,3-4,8H2,1-2H3,(H,15,16). The van der Waals surface area contributed by atoms with Gasteiger partial charge in [-0.2, -0.15) is 0 Å². The summed E-state index contributed by atoms with van der Waals surface area (Å²) in [6.07, 6.45) is 3.47. The fraction of sp³-hybridized carbons (Fsp3) is 0.538. The Bertz CT molecular complexity index is 377. The molecule has 2 rings (SSSR count). The van der Waals surface area contributed by atoms with Gasteiger partial charge >= 0.3 is 0 Å². The molecular formula is C13H18N2O. The first-order chi connectivity index (χ1) is 7.66. The van der Waals surface area contributed by atoms with E-state index in [4.69, 9.17) is 0 Å². The second-order valence-electron chi connectivity index (χ2n) is 4.71. The maximum Gasteiger partial charge on any atom is 0.220 e. The van der Waals surface area contributed by atoms with Crippen LogP contribution in [0.4, 0.5) is 0 Å². The van der Waals surface area contributed by atoms with Gasteiger partial charge in [0.25, 0.3) is 0 Å². The molecule has 1 amide bonds. The van der Waals surface area contributed by atoms with Crippen molar-refractivity contribution < 1.29 is 4.79 Å². The molecule has 0 spiro atoms. The summed E-state index contributed by atoms with van der Waals surface area (Å²) in [5.41, 5.74) is 2.44. The highest BCUT2D eigenvalue weighted by Gasteiger charge is 2.19. The maximum atomic E-state index is 11.1. The van der Waals surface area contributed by atoms with E-state index < -0.39 is 0 Å². The Labute approximate surface area is 96.3 Å². The number of carbonyl (C=O) groups is 1. The summed E-state index contributed by atoms with van der Waals surface area (Å²) < 4.78 is 0. The molecule has 1 aliphatic rings. The van der Waals surface area contributed by atoms with Gasteiger partial charge in [-0.3, -0.25) is 9.78 Å². The molecule has 0 aliphatic carbocycles. The molecule has 0 saturated carbocycles. The maximum absolute atomic E-state index is 11.1. The van der Waals surface area contributed by atoms with E-state index in [0.717, 1.165) is 18.7 Å². The van der Waals surface area contributed by atoms with Gasteiger partial charge < -0.3 is 5.32 Å². The molecule has 86 valence electrons. The van der Waals surface area contributed by atoms with Gasteiger partial charge in [0.2, 0.25) is 5.91 Å². The number of nitrogens with zero attached hydrogens (tertiary/aromatic N) is 1. The van der Waals surface area contributed by atoms with E-state index in [0.29, 0.717) is 18.3 Å². The molecule has 0 aromatic carbocycles. The summed E-state index contributed by atoms with van der Waals surface area (Å²) in [7, 11) is 0. The fourth-order valence-corrected chi connectivity index (χ4v) is 2.05. The van der Waals surface area contributed by atoms with Crippen LogP contribution in [0.1, 0.15) is 49.8 Å². The number of aromatic nitrogens is 1. The zero-order chi connectivity index (χ0) is 11.5. The normalized spacial score (nSPS) is 20.9. The summed E-state index contributed by atoms with van der Waals surface area (Å²) in [5, 5.41) is 2.92. The minimum absolute atomic E-state index is 0.175. The molecule has 1 unspecified atom stereocenters. The molecule has 1 atom stereocenters. The molecule has 1 aliphatic heterocycles. The second kappa shape index (κ2) is 4.64. The Kier molecular flexibility index (Phi) is 3.22. The molecule has 1 aromatic rings. The lowest BCUT2D eigenvalue weighted by atomic mass is 9.91. The van der Waals surface area contributed by atoms with Crippen molar-refractivity contribution in [1.29, 1.82) is 0 Å². The Morgan fingerprint density at radius 1 is 1.50 bits per heavy atom. The number of hydrogen-bond acceptors (Lipinski definition) is 2. The lowest BCUT2D eigenvalue weighted by Gasteiger charge is -2.23. The molecule has 1 saturated heterocycles. The first-order valence-electron chi connectivity index (χ1n) is 5.89. The number of amides is 1. The van der Waals surface area contributed by atoms with Gasteiger partial charge in [-0.05, 0) is 30.0 Å². The molecule has 1 N–H and O–H groups in total. The number of carbonyl (C=O) groups excluding carboxylic acids is 1. The molecule has 0 radical (unpaired) electrons. The molecular weight excluding hydrogens is 200 g/mol. The largest absolute Gasteiger partial charge is 0.355 e. The van der Waals surface area contributed by atoms with E-state index in [1.165, 1.54) is 5.56 Å². The molecule has 0 bridgehead atoms. The first-order valence-corrected chi connectivity index (χ1v) is 5.89. The van der Waals surface area contributed by atoms with Crippen LogP contribution in [0.15, 0.2) is 18.3 Å². The number of hydrogen-bond donors (Lipinski definition) is 1. The number of nitrogens with one attached hydrogen (secondary N) is 1. The Morgan fingerprint density at radius 2 is 2.31 bits per heavy atom. The van der Waals surface area contributed by atoms with Crippen LogP contribution >= 0.6 is 0 Å². The smallest absolute Gasteiger partial charge is 0.220 e. The minimum atomic E-state index is 0.175. The van der Waals surface area contributed by atoms with Crippen molar-refractivity contribution >= 4 is 5.91 Å². The lowest BCUT2D eigenvalue weighted by Crippen LogP contribution is -2.33. The average Bonchev–Trinajstić information content (AvgIpc) is 2.30. The lowest BCUT2D eigenvalue weighted by molar-refractivity contribution is -0.122. The highest BCUT2D eigenvalue weighted by molar-refractivity contribution is 5.76. The van der Waals surface area contributed by atoms with Crippen molar-refractivity contribution in [3.8, 4) is 0 Å². The number of rotatable bonds is 2. The third-order valence-electron chi connectivity index (χ3n) is 3.13. The van der Waals surface area contributed by atoms with Gasteiger partial charge in [-0.1, -0.05) is 13.8 Å². The topological polar surface area (TPSA) is 42.0 Å². The number of pyridine rings is 1. The van der Waals surface area contributed by atoms with Crippen molar-refractivity contribution in [2.24, 2.45) is 0 Å². The molecule has 3 nitrogen and oxygen atoms in total. The van der Waals surface area contributed by atoms with Crippen LogP contribution in [-0.4, -0.2) is 17.4 Å². The van der Waals surface area contributed by atoms with Crippen molar-refractivity contribution in [3.63, 3.8) is 0 Å². The van der Waals surface area contributed by atoms with Crippen LogP contribution in [-0.2, 0) is 4.79 Å². The summed E-state index contributed by atoms with van der Waals surface area (Å²) in [6, 6.07) is 4.24. The van der Waals surface area contributed by atoms with Gasteiger partial charge in [0.05, 0.1) is 0 Å². The Balaban J connectivity index is 2.14. The summed E-state index contributed by atoms with van der Waals surface area (Å²) in [4.78, 5) is 15.5. The predicted molar refractivity (Wildman–Crippen MR) is 63.3 cm³/mol. The third kappa shape index (κ3) is 2.40. The van der Waals surface area contributed by atoms with Crippen LogP contribution in [0, 0.1) is 0 Å². The van der Waals surface area contributed by atoms with E-state index in [-0.39, 0.29) is 5.91 Å². The van der Waals surface area contributed by atoms with Crippen molar-refractivity contribution in [2.45, 2.75) is 38.5 Å². The van der Waals surface area contributed by atoms with Gasteiger partial charge in [-0.15, -0.1) is 0 Å². The number of piperidine rings is 1.